The predicted molar refractivity (Wildman–Crippen MR) is 72.7 cm³/mol. The maximum Gasteiger partial charge on any atom is 0.410 e. The second-order valence-corrected chi connectivity index (χ2v) is 7.26. The van der Waals surface area contributed by atoms with E-state index in [9.17, 15) is 18.0 Å². The van der Waals surface area contributed by atoms with E-state index in [2.05, 4.69) is 0 Å². The Morgan fingerprint density at radius 3 is 2.05 bits per heavy atom. The number of hydrogen-bond donors (Lipinski definition) is 1. The van der Waals surface area contributed by atoms with Crippen molar-refractivity contribution in [3.05, 3.63) is 0 Å². The summed E-state index contributed by atoms with van der Waals surface area (Å²) in [6.45, 7) is 5.76. The summed E-state index contributed by atoms with van der Waals surface area (Å²) in [5.74, 6) is 0. The van der Waals surface area contributed by atoms with Crippen LogP contribution in [0.3, 0.4) is 0 Å². The molecule has 8 nitrogen and oxygen atoms in total. The normalized spacial score (nSPS) is 17.7. The lowest BCUT2D eigenvalue weighted by atomic mass is 10.2. The third kappa shape index (κ3) is 5.14. The molecule has 1 aliphatic heterocycles. The molecule has 0 atom stereocenters. The van der Waals surface area contributed by atoms with Crippen LogP contribution in [0.2, 0.25) is 0 Å². The summed E-state index contributed by atoms with van der Waals surface area (Å²) in [5.41, 5.74) is -0.604. The number of nitrogens with one attached hydrogen (secondary N) is 1. The van der Waals surface area contributed by atoms with Crippen molar-refractivity contribution in [1.82, 2.24) is 13.9 Å². The molecule has 20 heavy (non-hydrogen) atoms. The van der Waals surface area contributed by atoms with Crippen LogP contribution in [-0.2, 0) is 14.9 Å². The number of amides is 2. The standard InChI is InChI=1S/C10H18ClN3O5S/c1-10(2,3)19-9(16)13-4-6-14(7-5-13)20(17,18)12-8(11)15/h4-7H2,1-3H3,(H,12,15). The van der Waals surface area contributed by atoms with Gasteiger partial charge in [0.2, 0.25) is 0 Å². The summed E-state index contributed by atoms with van der Waals surface area (Å²) < 4.78 is 31.3. The third-order valence-corrected chi connectivity index (χ3v) is 4.13. The monoisotopic (exact) mass is 327 g/mol. The minimum atomic E-state index is -3.94. The van der Waals surface area contributed by atoms with Gasteiger partial charge in [-0.1, -0.05) is 0 Å². The zero-order valence-corrected chi connectivity index (χ0v) is 13.1. The van der Waals surface area contributed by atoms with Crippen LogP contribution >= 0.6 is 11.6 Å². The van der Waals surface area contributed by atoms with Crippen LogP contribution in [-0.4, -0.2) is 60.9 Å². The fourth-order valence-electron chi connectivity index (χ4n) is 1.60. The summed E-state index contributed by atoms with van der Waals surface area (Å²) in [6, 6.07) is 0. The van der Waals surface area contributed by atoms with Crippen molar-refractivity contribution in [1.29, 1.82) is 0 Å². The molecule has 1 saturated heterocycles. The molecular formula is C10H18ClN3O5S. The highest BCUT2D eigenvalue weighted by molar-refractivity contribution is 7.87. The molecular weight excluding hydrogens is 310 g/mol. The smallest absolute Gasteiger partial charge is 0.410 e. The molecule has 0 aromatic heterocycles. The molecule has 10 heteroatoms. The van der Waals surface area contributed by atoms with Crippen LogP contribution in [0.5, 0.6) is 0 Å². The molecule has 0 radical (unpaired) electrons. The first-order valence-corrected chi connectivity index (χ1v) is 7.78. The molecule has 116 valence electrons. The molecule has 0 aliphatic carbocycles. The van der Waals surface area contributed by atoms with Gasteiger partial charge in [0.05, 0.1) is 0 Å². The average Bonchev–Trinajstić information content (AvgIpc) is 2.25. The number of carbonyl (C=O) groups is 2. The lowest BCUT2D eigenvalue weighted by Gasteiger charge is -2.34. The average molecular weight is 328 g/mol. The van der Waals surface area contributed by atoms with Crippen molar-refractivity contribution in [2.24, 2.45) is 0 Å². The maximum absolute atomic E-state index is 11.8. The van der Waals surface area contributed by atoms with E-state index in [0.29, 0.717) is 0 Å². The second kappa shape index (κ2) is 6.15. The third-order valence-electron chi connectivity index (χ3n) is 2.44. The fourth-order valence-corrected chi connectivity index (χ4v) is 2.87. The van der Waals surface area contributed by atoms with E-state index in [1.165, 1.54) is 4.90 Å². The minimum absolute atomic E-state index is 0.0682. The quantitative estimate of drug-likeness (QED) is 0.596. The van der Waals surface area contributed by atoms with Gasteiger partial charge in [0.15, 0.2) is 0 Å². The van der Waals surface area contributed by atoms with Crippen LogP contribution in [0.25, 0.3) is 0 Å². The van der Waals surface area contributed by atoms with E-state index in [-0.39, 0.29) is 26.2 Å². The van der Waals surface area contributed by atoms with Crippen molar-refractivity contribution >= 4 is 33.3 Å². The van der Waals surface area contributed by atoms with Crippen molar-refractivity contribution in [3.63, 3.8) is 0 Å². The molecule has 0 bridgehead atoms. The lowest BCUT2D eigenvalue weighted by Crippen LogP contribution is -2.54. The number of nitrogens with zero attached hydrogens (tertiary/aromatic N) is 2. The van der Waals surface area contributed by atoms with Crippen LogP contribution in [0, 0.1) is 0 Å². The van der Waals surface area contributed by atoms with Crippen molar-refractivity contribution < 1.29 is 22.7 Å². The Hall–Kier alpha value is -1.06. The minimum Gasteiger partial charge on any atom is -0.444 e. The van der Waals surface area contributed by atoms with Gasteiger partial charge in [-0.2, -0.15) is 12.7 Å². The molecule has 0 aromatic rings. The van der Waals surface area contributed by atoms with Crippen molar-refractivity contribution in [3.8, 4) is 0 Å². The number of hydrogen-bond acceptors (Lipinski definition) is 5. The number of carbonyl (C=O) groups excluding carboxylic acids is 2. The molecule has 1 heterocycles. The van der Waals surface area contributed by atoms with Crippen LogP contribution in [0.1, 0.15) is 20.8 Å². The van der Waals surface area contributed by atoms with Crippen molar-refractivity contribution in [2.75, 3.05) is 26.2 Å². The summed E-state index contributed by atoms with van der Waals surface area (Å²) >= 11 is 4.99. The summed E-state index contributed by atoms with van der Waals surface area (Å²) in [6.07, 6.45) is -0.490. The highest BCUT2D eigenvalue weighted by Gasteiger charge is 2.31. The van der Waals surface area contributed by atoms with Gasteiger partial charge in [-0.25, -0.2) is 9.52 Å². The van der Waals surface area contributed by atoms with Gasteiger partial charge in [0.25, 0.3) is 0 Å². The number of halogens is 1. The predicted octanol–water partition coefficient (Wildman–Crippen LogP) is 0.732. The molecule has 1 fully saturated rings. The van der Waals surface area contributed by atoms with Gasteiger partial charge in [-0.15, -0.1) is 0 Å². The van der Waals surface area contributed by atoms with Gasteiger partial charge in [0, 0.05) is 26.2 Å². The van der Waals surface area contributed by atoms with Gasteiger partial charge in [-0.05, 0) is 32.4 Å². The molecule has 1 rings (SSSR count). The Balaban J connectivity index is 2.56. The lowest BCUT2D eigenvalue weighted by molar-refractivity contribution is 0.0192. The molecule has 0 saturated carbocycles. The number of ether oxygens (including phenoxy) is 1. The van der Waals surface area contributed by atoms with Crippen LogP contribution in [0.15, 0.2) is 0 Å². The van der Waals surface area contributed by atoms with Gasteiger partial charge >= 0.3 is 21.7 Å². The fraction of sp³-hybridized carbons (Fsp3) is 0.800. The van der Waals surface area contributed by atoms with E-state index in [4.69, 9.17) is 16.3 Å². The Morgan fingerprint density at radius 1 is 1.15 bits per heavy atom. The van der Waals surface area contributed by atoms with E-state index < -0.39 is 27.3 Å². The first-order chi connectivity index (χ1) is 9.01. The van der Waals surface area contributed by atoms with E-state index in [1.54, 1.807) is 25.5 Å². The Bertz CT molecular complexity index is 480. The topological polar surface area (TPSA) is 96.0 Å². The van der Waals surface area contributed by atoms with Crippen molar-refractivity contribution in [2.45, 2.75) is 26.4 Å². The number of rotatable bonds is 2. The van der Waals surface area contributed by atoms with Gasteiger partial charge < -0.3 is 9.64 Å². The molecule has 1 aliphatic rings. The van der Waals surface area contributed by atoms with Crippen LogP contribution in [0.4, 0.5) is 9.59 Å². The Kier molecular flexibility index (Phi) is 5.22. The summed E-state index contributed by atoms with van der Waals surface area (Å²) in [7, 11) is -3.94. The second-order valence-electron chi connectivity index (χ2n) is 5.25. The largest absolute Gasteiger partial charge is 0.444 e. The van der Waals surface area contributed by atoms with E-state index >= 15 is 0 Å². The maximum atomic E-state index is 11.8. The highest BCUT2D eigenvalue weighted by Crippen LogP contribution is 2.13. The highest BCUT2D eigenvalue weighted by atomic mass is 35.5. The van der Waals surface area contributed by atoms with E-state index in [1.807, 2.05) is 0 Å². The number of piperazine rings is 1. The molecule has 1 N–H and O–H groups in total. The van der Waals surface area contributed by atoms with Gasteiger partial charge in [0.1, 0.15) is 5.60 Å². The molecule has 2 amide bonds. The SMILES string of the molecule is CC(C)(C)OC(=O)N1CCN(S(=O)(=O)NC(=O)Cl)CC1. The zero-order chi connectivity index (χ0) is 15.6. The first kappa shape index (κ1) is 17.0. The zero-order valence-electron chi connectivity index (χ0n) is 11.6. The molecule has 0 unspecified atom stereocenters. The van der Waals surface area contributed by atoms with Gasteiger partial charge in [-0.3, -0.25) is 4.79 Å². The Morgan fingerprint density at radius 2 is 1.65 bits per heavy atom. The van der Waals surface area contributed by atoms with E-state index in [0.717, 1.165) is 4.31 Å². The van der Waals surface area contributed by atoms with Crippen LogP contribution < -0.4 is 4.72 Å². The first-order valence-electron chi connectivity index (χ1n) is 5.96. The summed E-state index contributed by atoms with van der Waals surface area (Å²) in [4.78, 5) is 23.8. The molecule has 0 aromatic carbocycles. The molecule has 0 spiro atoms. The summed E-state index contributed by atoms with van der Waals surface area (Å²) in [5, 5.41) is -1.17. The Labute approximate surface area is 123 Å².